The first-order valence-electron chi connectivity index (χ1n) is 5.63. The molecule has 5 fully saturated rings. The van der Waals surface area contributed by atoms with Gasteiger partial charge in [0.05, 0.1) is 0 Å². The molecule has 0 aliphatic heterocycles. The zero-order valence-electron chi connectivity index (χ0n) is 7.19. The number of hydrogen-bond acceptors (Lipinski definition) is 1. The molecule has 5 rings (SSSR count). The molecule has 1 nitrogen and oxygen atoms in total. The van der Waals surface area contributed by atoms with Crippen LogP contribution in [0.3, 0.4) is 0 Å². The van der Waals surface area contributed by atoms with Gasteiger partial charge in [-0.3, -0.25) is 0 Å². The van der Waals surface area contributed by atoms with E-state index in [1.54, 1.807) is 12.8 Å². The summed E-state index contributed by atoms with van der Waals surface area (Å²) in [5.41, 5.74) is 6.34. The molecular weight excluding hydrogens is 146 g/mol. The summed E-state index contributed by atoms with van der Waals surface area (Å²) in [5.74, 6) is 8.84. The largest absolute Gasteiger partial charge is 0.327 e. The van der Waals surface area contributed by atoms with Crippen molar-refractivity contribution in [3.63, 3.8) is 0 Å². The maximum atomic E-state index is 6.34. The van der Waals surface area contributed by atoms with Crippen LogP contribution in [0.4, 0.5) is 0 Å². The van der Waals surface area contributed by atoms with E-state index in [1.807, 2.05) is 0 Å². The Kier molecular flexibility index (Phi) is 0.609. The Morgan fingerprint density at radius 3 is 2.17 bits per heavy atom. The molecule has 5 saturated carbocycles. The Labute approximate surface area is 72.7 Å². The Bertz CT molecular complexity index is 277. The summed E-state index contributed by atoms with van der Waals surface area (Å²) in [6.45, 7) is 0. The van der Waals surface area contributed by atoms with Crippen LogP contribution in [0, 0.1) is 47.3 Å². The summed E-state index contributed by atoms with van der Waals surface area (Å²) in [7, 11) is 0. The molecule has 0 amide bonds. The molecule has 0 aromatic rings. The van der Waals surface area contributed by atoms with E-state index in [0.29, 0.717) is 6.04 Å². The van der Waals surface area contributed by atoms with Crippen molar-refractivity contribution in [1.29, 1.82) is 0 Å². The minimum atomic E-state index is 0.646. The quantitative estimate of drug-likeness (QED) is 0.565. The highest BCUT2D eigenvalue weighted by atomic mass is 14.9. The molecule has 0 unspecified atom stereocenters. The maximum absolute atomic E-state index is 6.34. The van der Waals surface area contributed by atoms with E-state index in [0.717, 1.165) is 35.5 Å². The van der Waals surface area contributed by atoms with Crippen LogP contribution < -0.4 is 5.73 Å². The van der Waals surface area contributed by atoms with Gasteiger partial charge in [0.2, 0.25) is 0 Å². The lowest BCUT2D eigenvalue weighted by atomic mass is 9.59. The molecule has 2 N–H and O–H groups in total. The monoisotopic (exact) mass is 161 g/mol. The van der Waals surface area contributed by atoms with Gasteiger partial charge in [0.25, 0.3) is 0 Å². The van der Waals surface area contributed by atoms with Gasteiger partial charge in [0.1, 0.15) is 0 Å². The molecule has 5 aliphatic rings. The predicted molar refractivity (Wildman–Crippen MR) is 45.1 cm³/mol. The van der Waals surface area contributed by atoms with Gasteiger partial charge in [-0.15, -0.1) is 0 Å². The molecule has 9 atom stereocenters. The Hall–Kier alpha value is -0.0400. The summed E-state index contributed by atoms with van der Waals surface area (Å²) in [6, 6.07) is 0.646. The lowest BCUT2D eigenvalue weighted by molar-refractivity contribution is 0.0167. The molecule has 0 radical (unpaired) electrons. The Morgan fingerprint density at radius 1 is 0.667 bits per heavy atom. The summed E-state index contributed by atoms with van der Waals surface area (Å²) < 4.78 is 0. The molecule has 0 saturated heterocycles. The number of hydrogen-bond donors (Lipinski definition) is 1. The fraction of sp³-hybridized carbons (Fsp3) is 1.00. The first-order chi connectivity index (χ1) is 5.88. The van der Waals surface area contributed by atoms with Crippen molar-refractivity contribution in [2.24, 2.45) is 53.1 Å². The van der Waals surface area contributed by atoms with E-state index >= 15 is 0 Å². The van der Waals surface area contributed by atoms with Crippen molar-refractivity contribution in [3.8, 4) is 0 Å². The van der Waals surface area contributed by atoms with Gasteiger partial charge < -0.3 is 5.73 Å². The fourth-order valence-electron chi connectivity index (χ4n) is 6.55. The van der Waals surface area contributed by atoms with Gasteiger partial charge in [0.15, 0.2) is 0 Å². The summed E-state index contributed by atoms with van der Waals surface area (Å²) in [6.07, 6.45) is 3.18. The molecule has 5 aliphatic carbocycles. The molecule has 2 bridgehead atoms. The highest BCUT2D eigenvalue weighted by Gasteiger charge is 2.79. The average molecular weight is 161 g/mol. The summed E-state index contributed by atoms with van der Waals surface area (Å²) in [5, 5.41) is 0. The summed E-state index contributed by atoms with van der Waals surface area (Å²) in [4.78, 5) is 0. The van der Waals surface area contributed by atoms with E-state index in [9.17, 15) is 0 Å². The first kappa shape index (κ1) is 5.64. The maximum Gasteiger partial charge on any atom is 0.0107 e. The topological polar surface area (TPSA) is 26.0 Å². The van der Waals surface area contributed by atoms with Crippen LogP contribution in [0.5, 0.6) is 0 Å². The number of rotatable bonds is 0. The third kappa shape index (κ3) is 0.296. The van der Waals surface area contributed by atoms with Crippen molar-refractivity contribution in [1.82, 2.24) is 0 Å². The van der Waals surface area contributed by atoms with Crippen LogP contribution in [0.25, 0.3) is 0 Å². The van der Waals surface area contributed by atoms with Gasteiger partial charge in [-0.05, 0) is 60.2 Å². The second kappa shape index (κ2) is 1.30. The number of nitrogens with two attached hydrogens (primary N) is 1. The van der Waals surface area contributed by atoms with Crippen LogP contribution >= 0.6 is 0 Å². The molecule has 0 spiro atoms. The molecule has 1 heteroatoms. The summed E-state index contributed by atoms with van der Waals surface area (Å²) >= 11 is 0. The third-order valence-electron chi connectivity index (χ3n) is 6.38. The second-order valence-electron chi connectivity index (χ2n) is 6.01. The van der Waals surface area contributed by atoms with Crippen molar-refractivity contribution in [2.75, 3.05) is 0 Å². The minimum absolute atomic E-state index is 0.646. The van der Waals surface area contributed by atoms with Crippen LogP contribution in [-0.2, 0) is 0 Å². The Balaban J connectivity index is 1.86. The van der Waals surface area contributed by atoms with Crippen molar-refractivity contribution < 1.29 is 0 Å². The molecule has 0 aromatic heterocycles. The minimum Gasteiger partial charge on any atom is -0.327 e. The molecule has 0 heterocycles. The van der Waals surface area contributed by atoms with E-state index in [-0.39, 0.29) is 0 Å². The zero-order chi connectivity index (χ0) is 7.61. The molecular formula is C11H15N. The van der Waals surface area contributed by atoms with Crippen LogP contribution in [0.1, 0.15) is 12.8 Å². The normalized spacial score (nSPS) is 85.2. The third-order valence-corrected chi connectivity index (χ3v) is 6.38. The van der Waals surface area contributed by atoms with Gasteiger partial charge >= 0.3 is 0 Å². The van der Waals surface area contributed by atoms with Crippen molar-refractivity contribution in [3.05, 3.63) is 0 Å². The smallest absolute Gasteiger partial charge is 0.0107 e. The highest BCUT2D eigenvalue weighted by molar-refractivity contribution is 5.28. The van der Waals surface area contributed by atoms with Crippen LogP contribution in [0.15, 0.2) is 0 Å². The SMILES string of the molecule is N[C@H]1[C@@H]2[C@@H]3C[C@@H]4[C@H]5[C@@H]3C[C@@H]2[C@@H]5[C@@H]14. The van der Waals surface area contributed by atoms with E-state index in [2.05, 4.69) is 0 Å². The molecule has 12 heavy (non-hydrogen) atoms. The van der Waals surface area contributed by atoms with E-state index in [1.165, 1.54) is 11.8 Å². The Morgan fingerprint density at radius 2 is 1.33 bits per heavy atom. The fourth-order valence-corrected chi connectivity index (χ4v) is 6.55. The van der Waals surface area contributed by atoms with Gasteiger partial charge in [-0.1, -0.05) is 0 Å². The molecule has 0 aromatic carbocycles. The standard InChI is InChI=1S/C11H15N/c12-11-8-4-2-5-7-3(4)1-6(8)9(7)10(5)11/h3-11H,1-2,12H2/t3-,4-,5-,6+,7-,8-,9+,10+,11+/m1/s1. The van der Waals surface area contributed by atoms with Gasteiger partial charge in [0, 0.05) is 6.04 Å². The van der Waals surface area contributed by atoms with E-state index in [4.69, 9.17) is 5.73 Å². The zero-order valence-corrected chi connectivity index (χ0v) is 7.19. The predicted octanol–water partition coefficient (Wildman–Crippen LogP) is 1.09. The first-order valence-corrected chi connectivity index (χ1v) is 5.63. The van der Waals surface area contributed by atoms with Crippen molar-refractivity contribution in [2.45, 2.75) is 18.9 Å². The lowest BCUT2D eigenvalue weighted by Gasteiger charge is -2.47. The van der Waals surface area contributed by atoms with Crippen LogP contribution in [-0.4, -0.2) is 6.04 Å². The van der Waals surface area contributed by atoms with Gasteiger partial charge in [-0.2, -0.15) is 0 Å². The lowest BCUT2D eigenvalue weighted by Crippen LogP contribution is -2.49. The second-order valence-corrected chi connectivity index (χ2v) is 6.01. The highest BCUT2D eigenvalue weighted by Crippen LogP contribution is 2.82. The van der Waals surface area contributed by atoms with Crippen molar-refractivity contribution >= 4 is 0 Å². The average Bonchev–Trinajstić information content (AvgIpc) is 2.47. The molecule has 64 valence electrons. The van der Waals surface area contributed by atoms with Gasteiger partial charge in [-0.25, -0.2) is 0 Å². The van der Waals surface area contributed by atoms with Crippen LogP contribution in [0.2, 0.25) is 0 Å². The van der Waals surface area contributed by atoms with E-state index < -0.39 is 0 Å². The number of fused-ring (bicyclic) bond motifs is 2.